The first-order valence-corrected chi connectivity index (χ1v) is 6.49. The van der Waals surface area contributed by atoms with Crippen LogP contribution in [-0.2, 0) is 6.42 Å². The Bertz CT molecular complexity index is 494. The Balaban J connectivity index is 2.12. The Morgan fingerprint density at radius 3 is 3.00 bits per heavy atom. The van der Waals surface area contributed by atoms with Crippen LogP contribution in [-0.4, -0.2) is 11.0 Å². The summed E-state index contributed by atoms with van der Waals surface area (Å²) >= 11 is 1.54. The van der Waals surface area contributed by atoms with Crippen LogP contribution < -0.4 is 5.73 Å². The Morgan fingerprint density at radius 1 is 1.47 bits per heavy atom. The first-order valence-electron chi connectivity index (χ1n) is 5.61. The largest absolute Gasteiger partial charge is 0.328 e. The van der Waals surface area contributed by atoms with Gasteiger partial charge in [-0.2, -0.15) is 0 Å². The molecule has 2 rings (SSSR count). The molecule has 2 aromatic rings. The second kappa shape index (κ2) is 5.38. The highest BCUT2D eigenvalue weighted by Crippen LogP contribution is 2.24. The number of nitrogens with zero attached hydrogens (tertiary/aromatic N) is 1. The molecule has 0 saturated heterocycles. The molecule has 0 aliphatic heterocycles. The minimum atomic E-state index is -0.227. The number of nitrogens with two attached hydrogens (primary N) is 1. The molecule has 1 heterocycles. The molecular weight excluding hydrogens is 235 g/mol. The van der Waals surface area contributed by atoms with Gasteiger partial charge in [-0.15, -0.1) is 11.3 Å². The summed E-state index contributed by atoms with van der Waals surface area (Å²) in [7, 11) is 0. The summed E-state index contributed by atoms with van der Waals surface area (Å²) in [6.45, 7) is 1.99. The van der Waals surface area contributed by atoms with Crippen LogP contribution >= 0.6 is 11.3 Å². The van der Waals surface area contributed by atoms with Crippen molar-refractivity contribution in [3.05, 3.63) is 41.2 Å². The van der Waals surface area contributed by atoms with Gasteiger partial charge in [0, 0.05) is 17.0 Å². The first-order chi connectivity index (χ1) is 8.15. The van der Waals surface area contributed by atoms with Crippen molar-refractivity contribution in [2.45, 2.75) is 25.8 Å². The molecule has 0 radical (unpaired) electrons. The zero-order valence-electron chi connectivity index (χ0n) is 9.69. The van der Waals surface area contributed by atoms with Crippen LogP contribution in [0.15, 0.2) is 29.6 Å². The van der Waals surface area contributed by atoms with Crippen LogP contribution in [0, 0.1) is 5.82 Å². The number of rotatable bonds is 4. The highest BCUT2D eigenvalue weighted by Gasteiger charge is 2.06. The van der Waals surface area contributed by atoms with Crippen LogP contribution in [0.4, 0.5) is 4.39 Å². The van der Waals surface area contributed by atoms with Crippen LogP contribution in [0.2, 0.25) is 0 Å². The number of thiazole rings is 1. The summed E-state index contributed by atoms with van der Waals surface area (Å²) in [5.41, 5.74) is 7.57. The second-order valence-electron chi connectivity index (χ2n) is 4.17. The topological polar surface area (TPSA) is 38.9 Å². The summed E-state index contributed by atoms with van der Waals surface area (Å²) < 4.78 is 13.1. The second-order valence-corrected chi connectivity index (χ2v) is 5.03. The van der Waals surface area contributed by atoms with E-state index in [4.69, 9.17) is 5.73 Å². The van der Waals surface area contributed by atoms with E-state index < -0.39 is 0 Å². The van der Waals surface area contributed by atoms with Gasteiger partial charge in [0.15, 0.2) is 0 Å². The summed E-state index contributed by atoms with van der Waals surface area (Å²) in [4.78, 5) is 4.49. The quantitative estimate of drug-likeness (QED) is 0.904. The highest BCUT2D eigenvalue weighted by atomic mass is 32.1. The minimum absolute atomic E-state index is 0.189. The molecule has 2 nitrogen and oxygen atoms in total. The van der Waals surface area contributed by atoms with E-state index >= 15 is 0 Å². The number of aryl methyl sites for hydroxylation is 1. The number of aromatic nitrogens is 1. The third-order valence-electron chi connectivity index (χ3n) is 2.48. The summed E-state index contributed by atoms with van der Waals surface area (Å²) in [6.07, 6.45) is 1.80. The monoisotopic (exact) mass is 250 g/mol. The molecular formula is C13H15FN2S. The molecule has 1 atom stereocenters. The van der Waals surface area contributed by atoms with Crippen LogP contribution in [0.1, 0.15) is 19.0 Å². The van der Waals surface area contributed by atoms with Gasteiger partial charge in [0.1, 0.15) is 10.8 Å². The molecule has 1 aromatic carbocycles. The van der Waals surface area contributed by atoms with E-state index in [0.29, 0.717) is 0 Å². The predicted octanol–water partition coefficient (Wildman–Crippen LogP) is 3.23. The van der Waals surface area contributed by atoms with Crippen molar-refractivity contribution in [3.63, 3.8) is 0 Å². The van der Waals surface area contributed by atoms with Crippen molar-refractivity contribution in [1.29, 1.82) is 0 Å². The maximum atomic E-state index is 13.1. The average Bonchev–Trinajstić information content (AvgIpc) is 2.75. The van der Waals surface area contributed by atoms with E-state index in [1.165, 1.54) is 12.1 Å². The molecule has 1 unspecified atom stereocenters. The maximum Gasteiger partial charge on any atom is 0.123 e. The van der Waals surface area contributed by atoms with Crippen molar-refractivity contribution in [2.24, 2.45) is 5.73 Å². The van der Waals surface area contributed by atoms with Crippen molar-refractivity contribution >= 4 is 11.3 Å². The van der Waals surface area contributed by atoms with Gasteiger partial charge in [0.25, 0.3) is 0 Å². The SMILES string of the molecule is CC(N)CCc1csc(-c2cccc(F)c2)n1. The summed E-state index contributed by atoms with van der Waals surface area (Å²) in [6, 6.07) is 6.71. The van der Waals surface area contributed by atoms with Gasteiger partial charge >= 0.3 is 0 Å². The molecule has 4 heteroatoms. The predicted molar refractivity (Wildman–Crippen MR) is 69.5 cm³/mol. The van der Waals surface area contributed by atoms with Crippen molar-refractivity contribution in [3.8, 4) is 10.6 Å². The van der Waals surface area contributed by atoms with Crippen molar-refractivity contribution in [1.82, 2.24) is 4.98 Å². The Labute approximate surface area is 104 Å². The van der Waals surface area contributed by atoms with Gasteiger partial charge in [0.05, 0.1) is 5.69 Å². The van der Waals surface area contributed by atoms with E-state index in [2.05, 4.69) is 4.98 Å². The van der Waals surface area contributed by atoms with Crippen LogP contribution in [0.3, 0.4) is 0 Å². The van der Waals surface area contributed by atoms with Crippen LogP contribution in [0.5, 0.6) is 0 Å². The van der Waals surface area contributed by atoms with Gasteiger partial charge in [-0.3, -0.25) is 0 Å². The first kappa shape index (κ1) is 12.2. The molecule has 0 aliphatic rings. The van der Waals surface area contributed by atoms with E-state index in [1.54, 1.807) is 17.4 Å². The molecule has 0 amide bonds. The average molecular weight is 250 g/mol. The number of hydrogen-bond donors (Lipinski definition) is 1. The van der Waals surface area contributed by atoms with E-state index in [-0.39, 0.29) is 11.9 Å². The standard InChI is InChI=1S/C13H15FN2S/c1-9(15)5-6-12-8-17-13(16-12)10-3-2-4-11(14)7-10/h2-4,7-9H,5-6,15H2,1H3. The van der Waals surface area contributed by atoms with Crippen LogP contribution in [0.25, 0.3) is 10.6 Å². The van der Waals surface area contributed by atoms with E-state index in [9.17, 15) is 4.39 Å². The summed E-state index contributed by atoms with van der Waals surface area (Å²) in [5.74, 6) is -0.227. The molecule has 0 bridgehead atoms. The van der Waals surface area contributed by atoms with Gasteiger partial charge in [0.2, 0.25) is 0 Å². The Kier molecular flexibility index (Phi) is 3.86. The fourth-order valence-electron chi connectivity index (χ4n) is 1.55. The molecule has 2 N–H and O–H groups in total. The lowest BCUT2D eigenvalue weighted by Gasteiger charge is -2.01. The molecule has 90 valence electrons. The Hall–Kier alpha value is -1.26. The van der Waals surface area contributed by atoms with Gasteiger partial charge < -0.3 is 5.73 Å². The molecule has 0 aliphatic carbocycles. The maximum absolute atomic E-state index is 13.1. The fourth-order valence-corrected chi connectivity index (χ4v) is 2.40. The number of halogens is 1. The lowest BCUT2D eigenvalue weighted by molar-refractivity contribution is 0.628. The Morgan fingerprint density at radius 2 is 2.29 bits per heavy atom. The highest BCUT2D eigenvalue weighted by molar-refractivity contribution is 7.13. The lowest BCUT2D eigenvalue weighted by atomic mass is 10.1. The summed E-state index contributed by atoms with van der Waals surface area (Å²) in [5, 5.41) is 2.88. The number of benzene rings is 1. The normalized spacial score (nSPS) is 12.6. The van der Waals surface area contributed by atoms with Gasteiger partial charge in [-0.05, 0) is 31.9 Å². The number of hydrogen-bond acceptors (Lipinski definition) is 3. The molecule has 1 aromatic heterocycles. The fraction of sp³-hybridized carbons (Fsp3) is 0.308. The molecule has 0 saturated carbocycles. The lowest BCUT2D eigenvalue weighted by Crippen LogP contribution is -2.15. The minimum Gasteiger partial charge on any atom is -0.328 e. The van der Waals surface area contributed by atoms with Crippen molar-refractivity contribution in [2.75, 3.05) is 0 Å². The molecule has 0 spiro atoms. The zero-order valence-corrected chi connectivity index (χ0v) is 10.5. The van der Waals surface area contributed by atoms with Crippen molar-refractivity contribution < 1.29 is 4.39 Å². The van der Waals surface area contributed by atoms with E-state index in [0.717, 1.165) is 29.1 Å². The zero-order chi connectivity index (χ0) is 12.3. The van der Waals surface area contributed by atoms with Gasteiger partial charge in [-0.25, -0.2) is 9.37 Å². The molecule has 17 heavy (non-hydrogen) atoms. The smallest absolute Gasteiger partial charge is 0.123 e. The third kappa shape index (κ3) is 3.35. The molecule has 0 fully saturated rings. The van der Waals surface area contributed by atoms with E-state index in [1.807, 2.05) is 18.4 Å². The van der Waals surface area contributed by atoms with Gasteiger partial charge in [-0.1, -0.05) is 12.1 Å². The third-order valence-corrected chi connectivity index (χ3v) is 3.42.